The van der Waals surface area contributed by atoms with Crippen molar-refractivity contribution < 1.29 is 14.4 Å². The average molecular weight is 380 g/mol. The minimum Gasteiger partial charge on any atom is -0.336 e. The summed E-state index contributed by atoms with van der Waals surface area (Å²) < 4.78 is 0. The van der Waals surface area contributed by atoms with E-state index in [0.29, 0.717) is 19.3 Å². The monoisotopic (exact) mass is 380 g/mol. The lowest BCUT2D eigenvalue weighted by Gasteiger charge is -2.27. The van der Waals surface area contributed by atoms with Gasteiger partial charge in [-0.2, -0.15) is 5.26 Å². The normalized spacial score (nSPS) is 25.8. The molecule has 4 rings (SSSR count). The van der Waals surface area contributed by atoms with Gasteiger partial charge < -0.3 is 10.6 Å². The van der Waals surface area contributed by atoms with Gasteiger partial charge >= 0.3 is 6.03 Å². The van der Waals surface area contributed by atoms with Gasteiger partial charge in [0, 0.05) is 0 Å². The molecule has 1 aromatic rings. The van der Waals surface area contributed by atoms with E-state index < -0.39 is 23.0 Å². The lowest BCUT2D eigenvalue weighted by atomic mass is 9.84. The summed E-state index contributed by atoms with van der Waals surface area (Å²) in [5.41, 5.74) is -0.0689. The summed E-state index contributed by atoms with van der Waals surface area (Å²) in [6, 6.07) is 9.35. The Morgan fingerprint density at radius 2 is 1.86 bits per heavy atom. The lowest BCUT2D eigenvalue weighted by Crippen LogP contribution is -2.50. The number of nitrogens with zero attached hydrogens (tertiary/aromatic N) is 2. The van der Waals surface area contributed by atoms with Crippen LogP contribution in [0.25, 0.3) is 0 Å². The summed E-state index contributed by atoms with van der Waals surface area (Å²) in [7, 11) is 0. The number of carbonyl (C=O) groups is 3. The Bertz CT molecular complexity index is 869. The second-order valence-corrected chi connectivity index (χ2v) is 8.04. The van der Waals surface area contributed by atoms with E-state index >= 15 is 0 Å². The molecule has 1 atom stereocenters. The number of rotatable bonds is 3. The molecule has 0 unspecified atom stereocenters. The van der Waals surface area contributed by atoms with Crippen molar-refractivity contribution >= 4 is 17.8 Å². The Labute approximate surface area is 164 Å². The maximum Gasteiger partial charge on any atom is 0.325 e. The van der Waals surface area contributed by atoms with Crippen molar-refractivity contribution in [2.75, 3.05) is 6.54 Å². The molecule has 2 fully saturated rings. The number of hydrogen-bond donors (Lipinski definition) is 2. The Balaban J connectivity index is 1.57. The van der Waals surface area contributed by atoms with Crippen LogP contribution in [-0.2, 0) is 21.5 Å². The second-order valence-electron chi connectivity index (χ2n) is 8.04. The highest BCUT2D eigenvalue weighted by Crippen LogP contribution is 2.39. The van der Waals surface area contributed by atoms with Crippen LogP contribution in [0.3, 0.4) is 0 Å². The third-order valence-electron chi connectivity index (χ3n) is 6.25. The molecule has 0 radical (unpaired) electrons. The van der Waals surface area contributed by atoms with Crippen LogP contribution in [-0.4, -0.2) is 34.8 Å². The predicted octanol–water partition coefficient (Wildman–Crippen LogP) is 2.11. The van der Waals surface area contributed by atoms with Crippen molar-refractivity contribution in [2.24, 2.45) is 0 Å². The van der Waals surface area contributed by atoms with Gasteiger partial charge in [0.25, 0.3) is 5.91 Å². The first-order valence-corrected chi connectivity index (χ1v) is 9.94. The summed E-state index contributed by atoms with van der Waals surface area (Å²) in [5, 5.41) is 15.1. The molecule has 1 aromatic carbocycles. The van der Waals surface area contributed by atoms with E-state index in [4.69, 9.17) is 0 Å². The molecule has 1 saturated carbocycles. The molecule has 146 valence electrons. The molecule has 0 bridgehead atoms. The van der Waals surface area contributed by atoms with Gasteiger partial charge in [0.05, 0.1) is 6.07 Å². The molecular weight excluding hydrogens is 356 g/mol. The summed E-state index contributed by atoms with van der Waals surface area (Å²) in [6.45, 7) is -0.363. The van der Waals surface area contributed by atoms with E-state index in [1.54, 1.807) is 0 Å². The molecule has 7 heteroatoms. The van der Waals surface area contributed by atoms with E-state index in [9.17, 15) is 19.6 Å². The summed E-state index contributed by atoms with van der Waals surface area (Å²) in [4.78, 5) is 39.5. The van der Waals surface area contributed by atoms with Gasteiger partial charge in [-0.15, -0.1) is 0 Å². The number of nitriles is 1. The first-order valence-electron chi connectivity index (χ1n) is 9.94. The topological polar surface area (TPSA) is 102 Å². The molecule has 3 aliphatic rings. The maximum absolute atomic E-state index is 13.3. The quantitative estimate of drug-likeness (QED) is 0.784. The van der Waals surface area contributed by atoms with Crippen molar-refractivity contribution in [1.29, 1.82) is 5.26 Å². The van der Waals surface area contributed by atoms with E-state index in [0.717, 1.165) is 48.1 Å². The van der Waals surface area contributed by atoms with Crippen LogP contribution in [0, 0.1) is 11.3 Å². The fraction of sp³-hybridized carbons (Fsp3) is 0.524. The fourth-order valence-electron chi connectivity index (χ4n) is 4.81. The van der Waals surface area contributed by atoms with Crippen molar-refractivity contribution in [3.8, 4) is 6.07 Å². The van der Waals surface area contributed by atoms with Gasteiger partial charge in [-0.1, -0.05) is 24.3 Å². The molecule has 1 aliphatic heterocycles. The van der Waals surface area contributed by atoms with Crippen LogP contribution in [0.1, 0.15) is 56.1 Å². The smallest absolute Gasteiger partial charge is 0.325 e. The number of nitrogens with one attached hydrogen (secondary N) is 2. The van der Waals surface area contributed by atoms with Crippen LogP contribution >= 0.6 is 0 Å². The van der Waals surface area contributed by atoms with Gasteiger partial charge in [-0.25, -0.2) is 4.79 Å². The van der Waals surface area contributed by atoms with Gasteiger partial charge in [0.15, 0.2) is 0 Å². The summed E-state index contributed by atoms with van der Waals surface area (Å²) in [6.07, 6.45) is 6.14. The maximum atomic E-state index is 13.3. The molecule has 2 N–H and O–H groups in total. The predicted molar refractivity (Wildman–Crippen MR) is 101 cm³/mol. The molecular formula is C21H24N4O3. The number of imide groups is 1. The third-order valence-corrected chi connectivity index (χ3v) is 6.25. The number of carbonyl (C=O) groups excluding carboxylic acids is 3. The molecule has 1 heterocycles. The van der Waals surface area contributed by atoms with E-state index in [-0.39, 0.29) is 12.5 Å². The van der Waals surface area contributed by atoms with Crippen molar-refractivity contribution in [3.05, 3.63) is 35.4 Å². The molecule has 4 amide bonds. The molecule has 1 saturated heterocycles. The number of aryl methyl sites for hydroxylation is 1. The first-order chi connectivity index (χ1) is 13.5. The van der Waals surface area contributed by atoms with Crippen LogP contribution < -0.4 is 10.6 Å². The molecule has 0 aromatic heterocycles. The molecule has 28 heavy (non-hydrogen) atoms. The van der Waals surface area contributed by atoms with Crippen molar-refractivity contribution in [3.63, 3.8) is 0 Å². The second kappa shape index (κ2) is 6.93. The highest BCUT2D eigenvalue weighted by Gasteiger charge is 2.53. The zero-order valence-electron chi connectivity index (χ0n) is 15.8. The Hall–Kier alpha value is -2.88. The SMILES string of the molecule is N#CC1(NC(=O)CN2C(=O)N[C@@]3(CCCCc4ccccc43)C2=O)CCCC1. The number of benzene rings is 1. The fourth-order valence-corrected chi connectivity index (χ4v) is 4.81. The highest BCUT2D eigenvalue weighted by molar-refractivity contribution is 6.09. The largest absolute Gasteiger partial charge is 0.336 e. The lowest BCUT2D eigenvalue weighted by molar-refractivity contribution is -0.135. The van der Waals surface area contributed by atoms with E-state index in [1.165, 1.54) is 0 Å². The number of hydrogen-bond acceptors (Lipinski definition) is 4. The Morgan fingerprint density at radius 1 is 1.14 bits per heavy atom. The van der Waals surface area contributed by atoms with Gasteiger partial charge in [0.2, 0.25) is 5.91 Å². The van der Waals surface area contributed by atoms with Gasteiger partial charge in [0.1, 0.15) is 17.6 Å². The number of amides is 4. The van der Waals surface area contributed by atoms with Crippen LogP contribution in [0.15, 0.2) is 24.3 Å². The Morgan fingerprint density at radius 3 is 2.61 bits per heavy atom. The average Bonchev–Trinajstić information content (AvgIpc) is 3.18. The zero-order valence-corrected chi connectivity index (χ0v) is 15.8. The van der Waals surface area contributed by atoms with Crippen LogP contribution in [0.4, 0.5) is 4.79 Å². The third kappa shape index (κ3) is 2.93. The number of urea groups is 1. The zero-order chi connectivity index (χ0) is 19.8. The summed E-state index contributed by atoms with van der Waals surface area (Å²) in [5.74, 6) is -0.842. The van der Waals surface area contributed by atoms with Gasteiger partial charge in [-0.3, -0.25) is 14.5 Å². The van der Waals surface area contributed by atoms with Crippen molar-refractivity contribution in [1.82, 2.24) is 15.5 Å². The standard InChI is InChI=1S/C21H24N4O3/c22-14-20(10-5-6-11-20)23-17(26)13-25-18(27)21(24-19(25)28)12-4-3-8-15-7-1-2-9-16(15)21/h1-2,7,9H,3-6,8,10-13H2,(H,23,26)(H,24,28)/t21-/m1/s1. The first kappa shape index (κ1) is 18.5. The molecule has 2 aliphatic carbocycles. The molecule has 7 nitrogen and oxygen atoms in total. The van der Waals surface area contributed by atoms with E-state index in [1.807, 2.05) is 24.3 Å². The minimum absolute atomic E-state index is 0.363. The molecule has 1 spiro atoms. The number of fused-ring (bicyclic) bond motifs is 2. The summed E-state index contributed by atoms with van der Waals surface area (Å²) >= 11 is 0. The van der Waals surface area contributed by atoms with Crippen LogP contribution in [0.2, 0.25) is 0 Å². The van der Waals surface area contributed by atoms with Crippen LogP contribution in [0.5, 0.6) is 0 Å². The minimum atomic E-state index is -1.09. The van der Waals surface area contributed by atoms with E-state index in [2.05, 4.69) is 16.7 Å². The van der Waals surface area contributed by atoms with Crippen molar-refractivity contribution in [2.45, 2.75) is 62.4 Å². The Kier molecular flexibility index (Phi) is 4.58. The van der Waals surface area contributed by atoms with Gasteiger partial charge in [-0.05, 0) is 62.5 Å². The highest BCUT2D eigenvalue weighted by atomic mass is 16.2.